The van der Waals surface area contributed by atoms with Crippen molar-refractivity contribution in [2.75, 3.05) is 11.4 Å². The maximum Gasteiger partial charge on any atom is 0.249 e. The molecule has 0 saturated carbocycles. The molecule has 0 aliphatic carbocycles. The standard InChI is InChI=1S/C28H24N6O3/c1-28(29)18-7-9-21(30-2)24(12-18)37-19-8-6-17-4-3-5-23(20(17)13-19)34-11-10-22(27(34)36)32-26(35)15-33-16-31-14-25(28)33/h3-9,12-14,16,22H,10-11,15,29H2,1H3,(H,32,35)/t22-,28?/m0/s1. The number of nitrogens with zero attached hydrogens (tertiary/aromatic N) is 4. The minimum atomic E-state index is -1.04. The van der Waals surface area contributed by atoms with Crippen LogP contribution in [0.3, 0.4) is 0 Å². The van der Waals surface area contributed by atoms with Crippen LogP contribution in [0, 0.1) is 6.57 Å². The van der Waals surface area contributed by atoms with Crippen LogP contribution in [0.1, 0.15) is 24.6 Å². The fraction of sp³-hybridized carbons (Fsp3) is 0.214. The molecular formula is C28H24N6O3. The second-order valence-corrected chi connectivity index (χ2v) is 9.56. The zero-order valence-corrected chi connectivity index (χ0v) is 20.1. The van der Waals surface area contributed by atoms with Gasteiger partial charge in [-0.25, -0.2) is 9.83 Å². The summed E-state index contributed by atoms with van der Waals surface area (Å²) in [6.45, 7) is 9.91. The molecule has 2 aliphatic rings. The van der Waals surface area contributed by atoms with Gasteiger partial charge in [-0.15, -0.1) is 0 Å². The van der Waals surface area contributed by atoms with Crippen LogP contribution in [-0.2, 0) is 21.7 Å². The third kappa shape index (κ3) is 3.79. The Morgan fingerprint density at radius 2 is 2.05 bits per heavy atom. The van der Waals surface area contributed by atoms with Crippen LogP contribution in [0.25, 0.3) is 15.6 Å². The van der Waals surface area contributed by atoms with E-state index in [1.54, 1.807) is 40.2 Å². The molecule has 1 saturated heterocycles. The summed E-state index contributed by atoms with van der Waals surface area (Å²) >= 11 is 0. The van der Waals surface area contributed by atoms with Crippen molar-refractivity contribution in [2.24, 2.45) is 5.73 Å². The van der Waals surface area contributed by atoms with E-state index < -0.39 is 11.6 Å². The van der Waals surface area contributed by atoms with Crippen molar-refractivity contribution in [3.05, 3.63) is 89.8 Å². The predicted octanol–water partition coefficient (Wildman–Crippen LogP) is 3.84. The van der Waals surface area contributed by atoms with Gasteiger partial charge in [0.25, 0.3) is 0 Å². The quantitative estimate of drug-likeness (QED) is 0.363. The number of amides is 2. The number of aromatic nitrogens is 2. The highest BCUT2D eigenvalue weighted by molar-refractivity contribution is 6.08. The average Bonchev–Trinajstić information content (AvgIpc) is 3.50. The van der Waals surface area contributed by atoms with E-state index in [9.17, 15) is 9.59 Å². The summed E-state index contributed by atoms with van der Waals surface area (Å²) in [6, 6.07) is 16.0. The Balaban J connectivity index is 1.54. The molecule has 6 bridgehead atoms. The molecule has 3 aromatic carbocycles. The summed E-state index contributed by atoms with van der Waals surface area (Å²) in [5, 5.41) is 4.68. The second kappa shape index (κ2) is 8.47. The van der Waals surface area contributed by atoms with E-state index in [-0.39, 0.29) is 18.4 Å². The number of nitrogens with two attached hydrogens (primary N) is 1. The highest BCUT2D eigenvalue weighted by Gasteiger charge is 2.35. The largest absolute Gasteiger partial charge is 0.468 e. The number of rotatable bonds is 0. The van der Waals surface area contributed by atoms with Gasteiger partial charge in [0.1, 0.15) is 24.1 Å². The molecule has 6 rings (SSSR count). The summed E-state index contributed by atoms with van der Waals surface area (Å²) in [7, 11) is 0. The summed E-state index contributed by atoms with van der Waals surface area (Å²) in [5.41, 5.74) is 8.17. The van der Waals surface area contributed by atoms with Crippen LogP contribution in [0.5, 0.6) is 11.5 Å². The average molecular weight is 493 g/mol. The first kappa shape index (κ1) is 22.8. The minimum absolute atomic E-state index is 0.0360. The van der Waals surface area contributed by atoms with Crippen molar-refractivity contribution in [1.82, 2.24) is 14.9 Å². The van der Waals surface area contributed by atoms with Gasteiger partial charge in [0.05, 0.1) is 36.0 Å². The Morgan fingerprint density at radius 1 is 1.19 bits per heavy atom. The van der Waals surface area contributed by atoms with Gasteiger partial charge in [-0.3, -0.25) is 9.59 Å². The lowest BCUT2D eigenvalue weighted by Gasteiger charge is -2.27. The molecule has 3 N–H and O–H groups in total. The first-order valence-electron chi connectivity index (χ1n) is 12.0. The molecule has 4 aromatic rings. The van der Waals surface area contributed by atoms with Crippen LogP contribution in [0.4, 0.5) is 11.4 Å². The molecule has 1 aromatic heterocycles. The van der Waals surface area contributed by atoms with Crippen LogP contribution in [-0.4, -0.2) is 34.0 Å². The number of nitrogens with one attached hydrogen (secondary N) is 1. The van der Waals surface area contributed by atoms with Gasteiger partial charge in [0.2, 0.25) is 17.5 Å². The highest BCUT2D eigenvalue weighted by Crippen LogP contribution is 2.39. The van der Waals surface area contributed by atoms with Crippen molar-refractivity contribution in [1.29, 1.82) is 0 Å². The first-order valence-corrected chi connectivity index (χ1v) is 12.0. The van der Waals surface area contributed by atoms with Crippen molar-refractivity contribution in [3.63, 3.8) is 0 Å². The molecule has 2 amide bonds. The summed E-state index contributed by atoms with van der Waals surface area (Å²) < 4.78 is 7.93. The van der Waals surface area contributed by atoms with Crippen LogP contribution < -0.4 is 20.7 Å². The molecule has 0 radical (unpaired) electrons. The van der Waals surface area contributed by atoms with Crippen molar-refractivity contribution in [3.8, 4) is 11.5 Å². The van der Waals surface area contributed by atoms with Gasteiger partial charge in [0, 0.05) is 11.9 Å². The normalized spacial score (nSPS) is 21.2. The monoisotopic (exact) mass is 492 g/mol. The lowest BCUT2D eigenvalue weighted by Crippen LogP contribution is -2.43. The number of carbonyl (C=O) groups is 2. The smallest absolute Gasteiger partial charge is 0.249 e. The number of fused-ring (bicyclic) bond motifs is 7. The number of ether oxygens (including phenoxy) is 1. The van der Waals surface area contributed by atoms with E-state index in [1.807, 2.05) is 43.3 Å². The lowest BCUT2D eigenvalue weighted by molar-refractivity contribution is -0.126. The third-order valence-corrected chi connectivity index (χ3v) is 7.13. The predicted molar refractivity (Wildman–Crippen MR) is 138 cm³/mol. The van der Waals surface area contributed by atoms with Gasteiger partial charge >= 0.3 is 0 Å². The van der Waals surface area contributed by atoms with E-state index in [0.29, 0.717) is 41.4 Å². The molecule has 9 heteroatoms. The molecule has 1 unspecified atom stereocenters. The first-order chi connectivity index (χ1) is 17.8. The van der Waals surface area contributed by atoms with Crippen LogP contribution in [0.15, 0.2) is 67.1 Å². The fourth-order valence-corrected chi connectivity index (χ4v) is 5.15. The van der Waals surface area contributed by atoms with Crippen molar-refractivity contribution in [2.45, 2.75) is 31.5 Å². The Kier molecular flexibility index (Phi) is 5.21. The highest BCUT2D eigenvalue weighted by atomic mass is 16.5. The lowest BCUT2D eigenvalue weighted by atomic mass is 9.89. The SMILES string of the molecule is [C-]#[N+]c1ccc2cc1Oc1ccc3cccc(c3c1)N1CC[C@H](NC(=O)Cn3cncc3C2(C)N)C1=O. The zero-order valence-electron chi connectivity index (χ0n) is 20.1. The van der Waals surface area contributed by atoms with E-state index in [1.165, 1.54) is 0 Å². The van der Waals surface area contributed by atoms with Crippen molar-refractivity contribution >= 4 is 34.0 Å². The summed E-state index contributed by atoms with van der Waals surface area (Å²) in [4.78, 5) is 35.9. The third-order valence-electron chi connectivity index (χ3n) is 7.13. The van der Waals surface area contributed by atoms with E-state index in [4.69, 9.17) is 17.0 Å². The molecular weight excluding hydrogens is 468 g/mol. The molecule has 9 nitrogen and oxygen atoms in total. The van der Waals surface area contributed by atoms with E-state index >= 15 is 0 Å². The molecule has 1 fully saturated rings. The molecule has 184 valence electrons. The second-order valence-electron chi connectivity index (χ2n) is 9.56. The Labute approximate surface area is 213 Å². The number of imidazole rings is 1. The minimum Gasteiger partial charge on any atom is -0.468 e. The number of benzene rings is 3. The topological polar surface area (TPSA) is 107 Å². The molecule has 2 atom stereocenters. The zero-order chi connectivity index (χ0) is 25.7. The van der Waals surface area contributed by atoms with Crippen LogP contribution in [0.2, 0.25) is 0 Å². The van der Waals surface area contributed by atoms with Gasteiger partial charge in [0.15, 0.2) is 0 Å². The maximum atomic E-state index is 13.3. The van der Waals surface area contributed by atoms with Crippen LogP contribution >= 0.6 is 0 Å². The molecule has 2 aliphatic heterocycles. The number of hydrogen-bond donors (Lipinski definition) is 2. The number of carbonyl (C=O) groups excluding carboxylic acids is 2. The summed E-state index contributed by atoms with van der Waals surface area (Å²) in [5.74, 6) is 0.443. The molecule has 37 heavy (non-hydrogen) atoms. The van der Waals surface area contributed by atoms with E-state index in [2.05, 4.69) is 15.1 Å². The van der Waals surface area contributed by atoms with Crippen molar-refractivity contribution < 1.29 is 14.3 Å². The number of anilines is 1. The number of hydrogen-bond acceptors (Lipinski definition) is 5. The van der Waals surface area contributed by atoms with Gasteiger partial charge in [-0.2, -0.15) is 0 Å². The molecule has 3 heterocycles. The Morgan fingerprint density at radius 3 is 2.89 bits per heavy atom. The van der Waals surface area contributed by atoms with Gasteiger partial charge in [-0.1, -0.05) is 30.3 Å². The van der Waals surface area contributed by atoms with Gasteiger partial charge < -0.3 is 25.3 Å². The Bertz CT molecular complexity index is 1620. The maximum absolute atomic E-state index is 13.3. The molecule has 0 spiro atoms. The van der Waals surface area contributed by atoms with E-state index in [0.717, 1.165) is 16.5 Å². The summed E-state index contributed by atoms with van der Waals surface area (Å²) in [6.07, 6.45) is 3.67. The van der Waals surface area contributed by atoms with Gasteiger partial charge in [-0.05, 0) is 48.6 Å². The Hall–Kier alpha value is -4.68. The fourth-order valence-electron chi connectivity index (χ4n) is 5.15.